The smallest absolute Gasteiger partial charge is 0.530 e. The van der Waals surface area contributed by atoms with Gasteiger partial charge in [0, 0.05) is 60.2 Å². The molecule has 11 heteroatoms. The average Bonchev–Trinajstić information content (AvgIpc) is 3.58. The van der Waals surface area contributed by atoms with Crippen LogP contribution < -0.4 is 44.3 Å². The van der Waals surface area contributed by atoms with Crippen molar-refractivity contribution >= 4 is 17.7 Å². The number of carbonyl (C=O) groups excluding carboxylic acids is 2. The van der Waals surface area contributed by atoms with Crippen molar-refractivity contribution in [2.24, 2.45) is 17.3 Å². The SMILES string of the molecule is CC1(CO)CN(C(=O)[O-])C1.[CH2-]CC(C[CH2-])C(=O)N(CC1CCC(c2ccc(OC)c(C)n2)CC1)c1cccc(-c2cnn(C(C)C)c2)c1.[Na+]. The first kappa shape index (κ1) is 40.5. The Bertz CT molecular complexity index is 1510. The molecule has 2 aromatic heterocycles. The minimum Gasteiger partial charge on any atom is -0.530 e. The molecule has 2 fully saturated rings. The van der Waals surface area contributed by atoms with Gasteiger partial charge in [-0.25, -0.2) is 0 Å². The number of methoxy groups -OCH3 is 1. The van der Waals surface area contributed by atoms with E-state index in [1.54, 1.807) is 7.11 Å². The molecule has 3 aromatic rings. The van der Waals surface area contributed by atoms with Crippen LogP contribution in [0.3, 0.4) is 0 Å². The predicted octanol–water partition coefficient (Wildman–Crippen LogP) is 2.86. The molecule has 5 rings (SSSR count). The maximum atomic E-state index is 13.7. The predicted molar refractivity (Wildman–Crippen MR) is 186 cm³/mol. The van der Waals surface area contributed by atoms with Gasteiger partial charge in [0.2, 0.25) is 5.91 Å². The molecule has 49 heavy (non-hydrogen) atoms. The number of aromatic nitrogens is 3. The molecule has 0 spiro atoms. The van der Waals surface area contributed by atoms with Gasteiger partial charge in [-0.05, 0) is 88.1 Å². The molecule has 0 bridgehead atoms. The van der Waals surface area contributed by atoms with E-state index in [1.807, 2.05) is 47.8 Å². The number of hydrogen-bond donors (Lipinski definition) is 1. The Kier molecular flexibility index (Phi) is 15.2. The summed E-state index contributed by atoms with van der Waals surface area (Å²) in [5, 5.41) is 23.3. The Labute approximate surface area is 314 Å². The Morgan fingerprint density at radius 3 is 2.31 bits per heavy atom. The summed E-state index contributed by atoms with van der Waals surface area (Å²) in [7, 11) is 1.68. The van der Waals surface area contributed by atoms with Crippen LogP contribution in [0.25, 0.3) is 11.1 Å². The molecule has 262 valence electrons. The van der Waals surface area contributed by atoms with E-state index in [2.05, 4.69) is 57.2 Å². The summed E-state index contributed by atoms with van der Waals surface area (Å²) in [4.78, 5) is 31.8. The number of carbonyl (C=O) groups is 2. The van der Waals surface area contributed by atoms with Gasteiger partial charge >= 0.3 is 29.6 Å². The van der Waals surface area contributed by atoms with Crippen LogP contribution in [-0.2, 0) is 4.79 Å². The van der Waals surface area contributed by atoms with Gasteiger partial charge in [-0.1, -0.05) is 19.1 Å². The number of aliphatic hydroxyl groups is 1. The first-order valence-electron chi connectivity index (χ1n) is 17.0. The van der Waals surface area contributed by atoms with Gasteiger partial charge in [0.05, 0.1) is 25.6 Å². The molecule has 10 nitrogen and oxygen atoms in total. The van der Waals surface area contributed by atoms with Crippen LogP contribution in [-0.4, -0.2) is 70.1 Å². The minimum absolute atomic E-state index is 0. The molecule has 1 N–H and O–H groups in total. The molecule has 1 saturated heterocycles. The zero-order valence-corrected chi connectivity index (χ0v) is 32.2. The quantitative estimate of drug-likeness (QED) is 0.244. The van der Waals surface area contributed by atoms with Crippen molar-refractivity contribution in [1.82, 2.24) is 19.7 Å². The number of ether oxygens (including phenoxy) is 1. The second kappa shape index (κ2) is 18.4. The van der Waals surface area contributed by atoms with Crippen LogP contribution in [0.1, 0.15) is 82.6 Å². The topological polar surface area (TPSA) is 124 Å². The second-order valence-corrected chi connectivity index (χ2v) is 13.9. The monoisotopic (exact) mass is 681 g/mol. The fraction of sp³-hybridized carbons (Fsp3) is 0.526. The van der Waals surface area contributed by atoms with Gasteiger partial charge < -0.3 is 43.4 Å². The maximum absolute atomic E-state index is 13.7. The Morgan fingerprint density at radius 2 is 1.78 bits per heavy atom. The van der Waals surface area contributed by atoms with E-state index in [0.29, 0.717) is 50.4 Å². The van der Waals surface area contributed by atoms with Gasteiger partial charge in [0.15, 0.2) is 0 Å². The number of amides is 2. The van der Waals surface area contributed by atoms with Crippen molar-refractivity contribution in [3.05, 3.63) is 74.0 Å². The third-order valence-corrected chi connectivity index (χ3v) is 9.70. The van der Waals surface area contributed by atoms with Crippen LogP contribution in [0, 0.1) is 38.0 Å². The maximum Gasteiger partial charge on any atom is 1.00 e. The van der Waals surface area contributed by atoms with E-state index >= 15 is 0 Å². The number of anilines is 1. The van der Waals surface area contributed by atoms with Crippen LogP contribution >= 0.6 is 0 Å². The zero-order chi connectivity index (χ0) is 35.0. The third-order valence-electron chi connectivity index (χ3n) is 9.70. The van der Waals surface area contributed by atoms with E-state index in [4.69, 9.17) is 14.8 Å². The van der Waals surface area contributed by atoms with Crippen molar-refractivity contribution in [3.8, 4) is 16.9 Å². The van der Waals surface area contributed by atoms with E-state index in [1.165, 1.54) is 4.90 Å². The van der Waals surface area contributed by atoms with Gasteiger partial charge in [-0.15, -0.1) is 0 Å². The summed E-state index contributed by atoms with van der Waals surface area (Å²) in [5.41, 5.74) is 4.93. The molecular weight excluding hydrogens is 629 g/mol. The number of aryl methyl sites for hydroxylation is 1. The largest absolute Gasteiger partial charge is 1.00 e. The molecule has 1 saturated carbocycles. The summed E-state index contributed by atoms with van der Waals surface area (Å²) in [6.07, 6.45) is 8.22. The number of benzene rings is 1. The summed E-state index contributed by atoms with van der Waals surface area (Å²) in [6.45, 7) is 17.7. The molecule has 1 aromatic carbocycles. The van der Waals surface area contributed by atoms with Crippen molar-refractivity contribution in [2.45, 2.75) is 78.2 Å². The van der Waals surface area contributed by atoms with Crippen LogP contribution in [0.15, 0.2) is 48.8 Å². The fourth-order valence-corrected chi connectivity index (χ4v) is 6.57. The number of aliphatic hydroxyl groups excluding tert-OH is 1. The van der Waals surface area contributed by atoms with E-state index < -0.39 is 6.09 Å². The first-order chi connectivity index (χ1) is 22.9. The van der Waals surface area contributed by atoms with E-state index in [0.717, 1.165) is 59.6 Å². The molecule has 0 radical (unpaired) electrons. The molecule has 2 aliphatic rings. The molecule has 2 amide bonds. The molecule has 0 unspecified atom stereocenters. The number of carboxylic acid groups (broad SMARTS) is 1. The summed E-state index contributed by atoms with van der Waals surface area (Å²) in [5.74, 6) is 1.68. The van der Waals surface area contributed by atoms with Crippen LogP contribution in [0.5, 0.6) is 5.75 Å². The molecule has 0 atom stereocenters. The van der Waals surface area contributed by atoms with Crippen LogP contribution in [0.4, 0.5) is 10.5 Å². The fourth-order valence-electron chi connectivity index (χ4n) is 6.57. The number of rotatable bonds is 11. The molecule has 1 aliphatic heterocycles. The van der Waals surface area contributed by atoms with Gasteiger partial charge in [0.25, 0.3) is 0 Å². The third kappa shape index (κ3) is 10.3. The normalized spacial score (nSPS) is 18.2. The van der Waals surface area contributed by atoms with Gasteiger partial charge in [-0.2, -0.15) is 17.9 Å². The number of nitrogens with zero attached hydrogens (tertiary/aromatic N) is 5. The first-order valence-corrected chi connectivity index (χ1v) is 17.0. The van der Waals surface area contributed by atoms with Crippen molar-refractivity contribution in [2.75, 3.05) is 38.3 Å². The Morgan fingerprint density at radius 1 is 1.10 bits per heavy atom. The summed E-state index contributed by atoms with van der Waals surface area (Å²) < 4.78 is 7.35. The Hall–Kier alpha value is -2.92. The van der Waals surface area contributed by atoms with E-state index in [9.17, 15) is 14.7 Å². The summed E-state index contributed by atoms with van der Waals surface area (Å²) in [6, 6.07) is 12.7. The zero-order valence-electron chi connectivity index (χ0n) is 30.2. The van der Waals surface area contributed by atoms with Crippen LogP contribution in [0.2, 0.25) is 0 Å². The second-order valence-electron chi connectivity index (χ2n) is 13.9. The average molecular weight is 682 g/mol. The number of likely N-dealkylation sites (tertiary alicyclic amines) is 1. The van der Waals surface area contributed by atoms with Crippen molar-refractivity contribution in [3.63, 3.8) is 0 Å². The van der Waals surface area contributed by atoms with E-state index in [-0.39, 0.29) is 53.4 Å². The summed E-state index contributed by atoms with van der Waals surface area (Å²) >= 11 is 0. The van der Waals surface area contributed by atoms with Gasteiger partial charge in [0.1, 0.15) is 11.8 Å². The molecular formula is C38H52N5NaO5-2. The van der Waals surface area contributed by atoms with Crippen molar-refractivity contribution in [1.29, 1.82) is 0 Å². The standard InChI is InChI=1S/C32H42N4O2.C6H11NO3.Na/c1-7-25(8-2)32(37)35(29-11-9-10-27(18-29)28-19-33-36(21-28)22(3)4)20-24-12-14-26(15-13-24)30-16-17-31(38-6)23(5)34-30;1-6(4-8)2-7(3-6)5(9)10;/h9-11,16-19,21-22,24-26H,1-2,7-8,12-15,20H2,3-6H3;8H,2-4H2,1H3,(H,9,10);/q-2;;+1/p-1. The Balaban J connectivity index is 0.000000508. The number of pyridine rings is 1. The minimum atomic E-state index is -1.15. The van der Waals surface area contributed by atoms with Crippen molar-refractivity contribution < 1.29 is 54.1 Å². The molecule has 3 heterocycles. The number of hydrogen-bond acceptors (Lipinski definition) is 7. The molecule has 1 aliphatic carbocycles. The van der Waals surface area contributed by atoms with Gasteiger partial charge in [-0.3, -0.25) is 14.5 Å².